The Morgan fingerprint density at radius 1 is 1.38 bits per heavy atom. The average Bonchev–Trinajstić information content (AvgIpc) is 2.45. The lowest BCUT2D eigenvalue weighted by atomic mass is 10.1. The van der Waals surface area contributed by atoms with Crippen molar-refractivity contribution in [3.8, 4) is 11.5 Å². The van der Waals surface area contributed by atoms with Crippen molar-refractivity contribution in [3.05, 3.63) is 22.7 Å². The van der Waals surface area contributed by atoms with E-state index in [9.17, 15) is 4.79 Å². The van der Waals surface area contributed by atoms with Gasteiger partial charge in [0.1, 0.15) is 13.2 Å². The Bertz CT molecular complexity index is 508. The van der Waals surface area contributed by atoms with Gasteiger partial charge >= 0.3 is 0 Å². The highest BCUT2D eigenvalue weighted by atomic mass is 35.5. The van der Waals surface area contributed by atoms with Crippen LogP contribution in [0.25, 0.3) is 0 Å². The van der Waals surface area contributed by atoms with Gasteiger partial charge in [0.2, 0.25) is 5.91 Å². The topological polar surface area (TPSA) is 59.6 Å². The fourth-order valence-corrected chi connectivity index (χ4v) is 2.49. The van der Waals surface area contributed by atoms with Gasteiger partial charge in [0.25, 0.3) is 0 Å². The fraction of sp³-hybridized carbons (Fsp3) is 0.533. The van der Waals surface area contributed by atoms with Crippen LogP contribution in [-0.2, 0) is 11.2 Å². The zero-order chi connectivity index (χ0) is 15.2. The number of halogens is 1. The quantitative estimate of drug-likeness (QED) is 0.840. The van der Waals surface area contributed by atoms with Crippen molar-refractivity contribution >= 4 is 17.5 Å². The Balaban J connectivity index is 1.93. The summed E-state index contributed by atoms with van der Waals surface area (Å²) in [6.45, 7) is 6.55. The number of benzene rings is 1. The fourth-order valence-electron chi connectivity index (χ4n) is 2.20. The molecule has 0 bridgehead atoms. The lowest BCUT2D eigenvalue weighted by Gasteiger charge is -2.20. The Morgan fingerprint density at radius 2 is 2.14 bits per heavy atom. The Labute approximate surface area is 130 Å². The minimum atomic E-state index is -0.0347. The van der Waals surface area contributed by atoms with E-state index in [0.717, 1.165) is 12.1 Å². The van der Waals surface area contributed by atoms with Gasteiger partial charge in [-0.2, -0.15) is 0 Å². The molecule has 1 aromatic rings. The Morgan fingerprint density at radius 3 is 2.90 bits per heavy atom. The second-order valence-electron chi connectivity index (χ2n) is 5.04. The highest BCUT2D eigenvalue weighted by molar-refractivity contribution is 6.32. The molecule has 1 atom stereocenters. The molecule has 2 N–H and O–H groups in total. The van der Waals surface area contributed by atoms with Gasteiger partial charge in [-0.25, -0.2) is 0 Å². The predicted octanol–water partition coefficient (Wildman–Crippen LogP) is 1.77. The molecule has 1 amide bonds. The molecule has 0 saturated heterocycles. The van der Waals surface area contributed by atoms with Crippen LogP contribution in [0.4, 0.5) is 0 Å². The van der Waals surface area contributed by atoms with Crippen LogP contribution in [0.15, 0.2) is 12.1 Å². The maximum absolute atomic E-state index is 11.9. The van der Waals surface area contributed by atoms with E-state index in [4.69, 9.17) is 21.1 Å². The average molecular weight is 313 g/mol. The third-order valence-electron chi connectivity index (χ3n) is 3.18. The number of carbonyl (C=O) groups is 1. The third-order valence-corrected chi connectivity index (χ3v) is 3.46. The smallest absolute Gasteiger partial charge is 0.224 e. The summed E-state index contributed by atoms with van der Waals surface area (Å²) in [7, 11) is 0. The van der Waals surface area contributed by atoms with Crippen molar-refractivity contribution in [1.82, 2.24) is 10.6 Å². The van der Waals surface area contributed by atoms with Crippen LogP contribution in [0.1, 0.15) is 19.4 Å². The molecule has 1 aromatic carbocycles. The summed E-state index contributed by atoms with van der Waals surface area (Å²) in [4.78, 5) is 11.9. The largest absolute Gasteiger partial charge is 0.486 e. The van der Waals surface area contributed by atoms with Crippen molar-refractivity contribution in [2.45, 2.75) is 26.3 Å². The number of likely N-dealkylation sites (N-methyl/N-ethyl adjacent to an activating group) is 1. The first-order valence-corrected chi connectivity index (χ1v) is 7.56. The van der Waals surface area contributed by atoms with Gasteiger partial charge < -0.3 is 20.1 Å². The number of rotatable bonds is 6. The van der Waals surface area contributed by atoms with Crippen LogP contribution in [0.5, 0.6) is 11.5 Å². The van der Waals surface area contributed by atoms with E-state index in [0.29, 0.717) is 36.3 Å². The summed E-state index contributed by atoms with van der Waals surface area (Å²) in [6.07, 6.45) is 0.273. The van der Waals surface area contributed by atoms with E-state index in [-0.39, 0.29) is 18.4 Å². The van der Waals surface area contributed by atoms with Crippen LogP contribution in [-0.4, -0.2) is 38.3 Å². The van der Waals surface area contributed by atoms with Crippen LogP contribution in [0.2, 0.25) is 5.02 Å². The SMILES string of the molecule is CCN[C@H](C)CNC(=O)Cc1cc(Cl)c2c(c1)OCCO2. The molecular formula is C15H21ClN2O3. The lowest BCUT2D eigenvalue weighted by molar-refractivity contribution is -0.120. The van der Waals surface area contributed by atoms with Crippen LogP contribution in [0, 0.1) is 0 Å². The van der Waals surface area contributed by atoms with E-state index < -0.39 is 0 Å². The predicted molar refractivity (Wildman–Crippen MR) is 82.3 cm³/mol. The summed E-state index contributed by atoms with van der Waals surface area (Å²) >= 11 is 6.15. The summed E-state index contributed by atoms with van der Waals surface area (Å²) in [5.74, 6) is 1.14. The molecule has 21 heavy (non-hydrogen) atoms. The molecule has 6 heteroatoms. The van der Waals surface area contributed by atoms with E-state index >= 15 is 0 Å². The first-order valence-electron chi connectivity index (χ1n) is 7.18. The van der Waals surface area contributed by atoms with Gasteiger partial charge in [0, 0.05) is 12.6 Å². The number of carbonyl (C=O) groups excluding carboxylic acids is 1. The number of fused-ring (bicyclic) bond motifs is 1. The van der Waals surface area contributed by atoms with Gasteiger partial charge in [-0.15, -0.1) is 0 Å². The van der Waals surface area contributed by atoms with E-state index in [1.165, 1.54) is 0 Å². The highest BCUT2D eigenvalue weighted by Gasteiger charge is 2.17. The maximum atomic E-state index is 11.9. The molecule has 0 aliphatic carbocycles. The molecule has 1 aliphatic heterocycles. The van der Waals surface area contributed by atoms with E-state index in [1.807, 2.05) is 19.9 Å². The molecular weight excluding hydrogens is 292 g/mol. The molecule has 0 radical (unpaired) electrons. The van der Waals surface area contributed by atoms with Gasteiger partial charge in [-0.3, -0.25) is 4.79 Å². The molecule has 0 fully saturated rings. The number of hydrogen-bond acceptors (Lipinski definition) is 4. The molecule has 1 heterocycles. The van der Waals surface area contributed by atoms with Crippen LogP contribution < -0.4 is 20.1 Å². The van der Waals surface area contributed by atoms with E-state index in [1.54, 1.807) is 6.07 Å². The van der Waals surface area contributed by atoms with Crippen molar-refractivity contribution in [2.24, 2.45) is 0 Å². The lowest BCUT2D eigenvalue weighted by Crippen LogP contribution is -2.39. The second kappa shape index (κ2) is 7.52. The Kier molecular flexibility index (Phi) is 5.70. The second-order valence-corrected chi connectivity index (χ2v) is 5.45. The summed E-state index contributed by atoms with van der Waals surface area (Å²) in [5.41, 5.74) is 0.817. The molecule has 2 rings (SSSR count). The highest BCUT2D eigenvalue weighted by Crippen LogP contribution is 2.38. The number of ether oxygens (including phenoxy) is 2. The minimum Gasteiger partial charge on any atom is -0.486 e. The third kappa shape index (κ3) is 4.51. The summed E-state index contributed by atoms with van der Waals surface area (Å²) in [5, 5.41) is 6.62. The monoisotopic (exact) mass is 312 g/mol. The molecule has 0 saturated carbocycles. The zero-order valence-electron chi connectivity index (χ0n) is 12.4. The molecule has 5 nitrogen and oxygen atoms in total. The summed E-state index contributed by atoms with van der Waals surface area (Å²) in [6, 6.07) is 3.82. The Hall–Kier alpha value is -1.46. The van der Waals surface area contributed by atoms with Gasteiger partial charge in [-0.1, -0.05) is 18.5 Å². The van der Waals surface area contributed by atoms with Crippen molar-refractivity contribution in [2.75, 3.05) is 26.3 Å². The molecule has 1 aliphatic rings. The summed E-state index contributed by atoms with van der Waals surface area (Å²) < 4.78 is 11.0. The van der Waals surface area contributed by atoms with Gasteiger partial charge in [0.05, 0.1) is 11.4 Å². The maximum Gasteiger partial charge on any atom is 0.224 e. The van der Waals surface area contributed by atoms with Crippen LogP contribution >= 0.6 is 11.6 Å². The number of hydrogen-bond donors (Lipinski definition) is 2. The molecule has 0 unspecified atom stereocenters. The number of nitrogens with one attached hydrogen (secondary N) is 2. The molecule has 0 spiro atoms. The zero-order valence-corrected chi connectivity index (χ0v) is 13.1. The first-order chi connectivity index (χ1) is 10.1. The van der Waals surface area contributed by atoms with Crippen LogP contribution in [0.3, 0.4) is 0 Å². The molecule has 0 aromatic heterocycles. The van der Waals surface area contributed by atoms with Gasteiger partial charge in [-0.05, 0) is 31.2 Å². The van der Waals surface area contributed by atoms with Crippen molar-refractivity contribution in [1.29, 1.82) is 0 Å². The van der Waals surface area contributed by atoms with Crippen molar-refractivity contribution < 1.29 is 14.3 Å². The first kappa shape index (κ1) is 15.9. The minimum absolute atomic E-state index is 0.0347. The normalized spacial score (nSPS) is 14.6. The standard InChI is InChI=1S/C15H21ClN2O3/c1-3-17-10(2)9-18-14(19)8-11-6-12(16)15-13(7-11)20-4-5-21-15/h6-7,10,17H,3-5,8-9H2,1-2H3,(H,18,19)/t10-/m1/s1. The van der Waals surface area contributed by atoms with Gasteiger partial charge in [0.15, 0.2) is 11.5 Å². The van der Waals surface area contributed by atoms with E-state index in [2.05, 4.69) is 10.6 Å². The molecule has 116 valence electrons. The number of amides is 1. The van der Waals surface area contributed by atoms with Crippen molar-refractivity contribution in [3.63, 3.8) is 0 Å².